The zero-order chi connectivity index (χ0) is 27.0. The number of esters is 1. The van der Waals surface area contributed by atoms with E-state index in [4.69, 9.17) is 9.47 Å². The molecule has 10 nitrogen and oxygen atoms in total. The van der Waals surface area contributed by atoms with Crippen molar-refractivity contribution in [1.82, 2.24) is 10.6 Å². The largest absolute Gasteiger partial charge is 0.457 e. The van der Waals surface area contributed by atoms with E-state index in [1.165, 1.54) is 12.0 Å². The van der Waals surface area contributed by atoms with Gasteiger partial charge < -0.3 is 30.3 Å². The van der Waals surface area contributed by atoms with Crippen molar-refractivity contribution in [2.75, 3.05) is 37.0 Å². The van der Waals surface area contributed by atoms with Gasteiger partial charge in [-0.1, -0.05) is 60.7 Å². The molecular weight excluding hydrogens is 488 g/mol. The summed E-state index contributed by atoms with van der Waals surface area (Å²) in [4.78, 5) is 52.0. The van der Waals surface area contributed by atoms with Gasteiger partial charge >= 0.3 is 5.97 Å². The minimum absolute atomic E-state index is 0.116. The van der Waals surface area contributed by atoms with Crippen LogP contribution in [-0.4, -0.2) is 56.2 Å². The Hall–Kier alpha value is -4.70. The molecule has 1 aliphatic rings. The number of rotatable bonds is 11. The van der Waals surface area contributed by atoms with E-state index in [9.17, 15) is 19.2 Å². The predicted molar refractivity (Wildman–Crippen MR) is 140 cm³/mol. The molecule has 1 aliphatic heterocycles. The minimum Gasteiger partial charge on any atom is -0.457 e. The summed E-state index contributed by atoms with van der Waals surface area (Å²) in [5.74, 6) is -1.98. The molecule has 0 aromatic heterocycles. The van der Waals surface area contributed by atoms with Crippen molar-refractivity contribution in [3.63, 3.8) is 0 Å². The third kappa shape index (κ3) is 6.16. The van der Waals surface area contributed by atoms with Crippen LogP contribution in [-0.2, 0) is 30.5 Å². The van der Waals surface area contributed by atoms with E-state index in [2.05, 4.69) is 16.0 Å². The van der Waals surface area contributed by atoms with Gasteiger partial charge in [0.25, 0.3) is 5.91 Å². The number of ether oxygens (including phenoxy) is 2. The molecule has 38 heavy (non-hydrogen) atoms. The van der Waals surface area contributed by atoms with Crippen LogP contribution < -0.4 is 20.9 Å². The van der Waals surface area contributed by atoms with E-state index in [1.807, 2.05) is 30.3 Å². The van der Waals surface area contributed by atoms with Gasteiger partial charge in [-0.15, -0.1) is 0 Å². The Labute approximate surface area is 219 Å². The number of amides is 3. The Bertz CT molecular complexity index is 1300. The number of β-lactam (4-membered cyclic amide) rings is 1. The summed E-state index contributed by atoms with van der Waals surface area (Å²) >= 11 is 0. The van der Waals surface area contributed by atoms with Crippen molar-refractivity contribution < 1.29 is 28.7 Å². The minimum atomic E-state index is -1.44. The molecule has 1 atom stereocenters. The molecule has 1 saturated heterocycles. The standard InChI is InChI=1S/C28H28N4O6/c1-37-28(19-30-27(28)36)31-24(33)17-32(21-12-6-3-7-13-21)25(34)16-29-23-15-9-8-14-22(23)26(35)38-18-20-10-4-2-5-11-20/h2-15,29H,16-19H2,1H3,(H,30,36)(H,31,33). The van der Waals surface area contributed by atoms with Crippen molar-refractivity contribution >= 4 is 35.1 Å². The monoisotopic (exact) mass is 516 g/mol. The summed E-state index contributed by atoms with van der Waals surface area (Å²) in [6, 6.07) is 24.7. The van der Waals surface area contributed by atoms with Crippen LogP contribution in [0.25, 0.3) is 0 Å². The third-order valence-corrected chi connectivity index (χ3v) is 6.01. The number of para-hydroxylation sites is 2. The molecule has 0 aliphatic carbocycles. The molecule has 10 heteroatoms. The highest BCUT2D eigenvalue weighted by Crippen LogP contribution is 2.19. The van der Waals surface area contributed by atoms with Crippen LogP contribution in [0, 0.1) is 0 Å². The molecule has 0 radical (unpaired) electrons. The van der Waals surface area contributed by atoms with E-state index in [1.54, 1.807) is 54.6 Å². The van der Waals surface area contributed by atoms with Gasteiger partial charge in [0.15, 0.2) is 0 Å². The first-order chi connectivity index (χ1) is 18.4. The quantitative estimate of drug-likeness (QED) is 0.202. The Morgan fingerprint density at radius 3 is 2.24 bits per heavy atom. The van der Waals surface area contributed by atoms with Crippen molar-refractivity contribution in [1.29, 1.82) is 0 Å². The Kier molecular flexibility index (Phi) is 8.34. The van der Waals surface area contributed by atoms with Crippen LogP contribution >= 0.6 is 0 Å². The predicted octanol–water partition coefficient (Wildman–Crippen LogP) is 2.08. The second-order valence-corrected chi connectivity index (χ2v) is 8.54. The van der Waals surface area contributed by atoms with Gasteiger partial charge in [-0.2, -0.15) is 0 Å². The van der Waals surface area contributed by atoms with Crippen molar-refractivity contribution in [2.45, 2.75) is 12.3 Å². The van der Waals surface area contributed by atoms with Crippen LogP contribution in [0.3, 0.4) is 0 Å². The van der Waals surface area contributed by atoms with E-state index in [-0.39, 0.29) is 31.8 Å². The lowest BCUT2D eigenvalue weighted by Gasteiger charge is -2.39. The first-order valence-electron chi connectivity index (χ1n) is 12.0. The van der Waals surface area contributed by atoms with Gasteiger partial charge in [0, 0.05) is 18.5 Å². The number of anilines is 2. The third-order valence-electron chi connectivity index (χ3n) is 6.01. The zero-order valence-electron chi connectivity index (χ0n) is 20.8. The summed E-state index contributed by atoms with van der Waals surface area (Å²) in [5.41, 5.74) is 0.598. The summed E-state index contributed by atoms with van der Waals surface area (Å²) < 4.78 is 10.6. The average molecular weight is 517 g/mol. The number of benzene rings is 3. The van der Waals surface area contributed by atoms with Gasteiger partial charge in [0.1, 0.15) is 13.2 Å². The van der Waals surface area contributed by atoms with Crippen LogP contribution in [0.2, 0.25) is 0 Å². The molecule has 3 amide bonds. The van der Waals surface area contributed by atoms with Gasteiger partial charge in [-0.25, -0.2) is 4.79 Å². The van der Waals surface area contributed by atoms with E-state index in [0.717, 1.165) is 5.56 Å². The van der Waals surface area contributed by atoms with Gasteiger partial charge in [0.2, 0.25) is 17.5 Å². The normalized spacial score (nSPS) is 16.0. The maximum absolute atomic E-state index is 13.3. The summed E-state index contributed by atoms with van der Waals surface area (Å²) in [5, 5.41) is 8.08. The second-order valence-electron chi connectivity index (χ2n) is 8.54. The molecule has 1 heterocycles. The van der Waals surface area contributed by atoms with Crippen LogP contribution in [0.1, 0.15) is 15.9 Å². The number of carbonyl (C=O) groups excluding carboxylic acids is 4. The lowest BCUT2D eigenvalue weighted by atomic mass is 10.1. The molecule has 3 N–H and O–H groups in total. The van der Waals surface area contributed by atoms with E-state index < -0.39 is 29.4 Å². The van der Waals surface area contributed by atoms with Crippen LogP contribution in [0.5, 0.6) is 0 Å². The van der Waals surface area contributed by atoms with E-state index in [0.29, 0.717) is 11.4 Å². The summed E-state index contributed by atoms with van der Waals surface area (Å²) in [7, 11) is 1.32. The first kappa shape index (κ1) is 26.4. The SMILES string of the molecule is COC1(NC(=O)CN(C(=O)CNc2ccccc2C(=O)OCc2ccccc2)c2ccccc2)CNC1=O. The first-order valence-corrected chi connectivity index (χ1v) is 12.0. The van der Waals surface area contributed by atoms with Crippen molar-refractivity contribution in [3.8, 4) is 0 Å². The lowest BCUT2D eigenvalue weighted by Crippen LogP contribution is -2.74. The highest BCUT2D eigenvalue weighted by molar-refractivity contribution is 6.03. The number of methoxy groups -OCH3 is 1. The maximum Gasteiger partial charge on any atom is 0.340 e. The highest BCUT2D eigenvalue weighted by Gasteiger charge is 2.48. The fourth-order valence-corrected chi connectivity index (χ4v) is 3.86. The number of hydrogen-bond donors (Lipinski definition) is 3. The van der Waals surface area contributed by atoms with Gasteiger partial charge in [-0.3, -0.25) is 14.4 Å². The van der Waals surface area contributed by atoms with Crippen molar-refractivity contribution in [3.05, 3.63) is 96.1 Å². The molecule has 1 unspecified atom stereocenters. The molecule has 196 valence electrons. The fourth-order valence-electron chi connectivity index (χ4n) is 3.86. The Balaban J connectivity index is 1.43. The van der Waals surface area contributed by atoms with Crippen LogP contribution in [0.4, 0.5) is 11.4 Å². The molecule has 1 fully saturated rings. The zero-order valence-corrected chi connectivity index (χ0v) is 20.8. The number of nitrogens with one attached hydrogen (secondary N) is 3. The van der Waals surface area contributed by atoms with Gasteiger partial charge in [0.05, 0.1) is 18.7 Å². The topological polar surface area (TPSA) is 126 Å². The molecule has 3 aromatic carbocycles. The Morgan fingerprint density at radius 1 is 0.947 bits per heavy atom. The molecule has 3 aromatic rings. The highest BCUT2D eigenvalue weighted by atomic mass is 16.5. The smallest absolute Gasteiger partial charge is 0.340 e. The maximum atomic E-state index is 13.3. The molecular formula is C28H28N4O6. The fraction of sp³-hybridized carbons (Fsp3) is 0.214. The second kappa shape index (κ2) is 12.0. The van der Waals surface area contributed by atoms with Crippen LogP contribution in [0.15, 0.2) is 84.9 Å². The number of carbonyl (C=O) groups is 4. The molecule has 4 rings (SSSR count). The number of hydrogen-bond acceptors (Lipinski definition) is 7. The number of nitrogens with zero attached hydrogens (tertiary/aromatic N) is 1. The van der Waals surface area contributed by atoms with Gasteiger partial charge in [-0.05, 0) is 29.8 Å². The lowest BCUT2D eigenvalue weighted by molar-refractivity contribution is -0.166. The Morgan fingerprint density at radius 2 is 1.61 bits per heavy atom. The molecule has 0 saturated carbocycles. The molecule has 0 spiro atoms. The summed E-state index contributed by atoms with van der Waals surface area (Å²) in [6.45, 7) is -0.304. The van der Waals surface area contributed by atoms with Crippen molar-refractivity contribution in [2.24, 2.45) is 0 Å². The average Bonchev–Trinajstić information content (AvgIpc) is 2.96. The summed E-state index contributed by atoms with van der Waals surface area (Å²) in [6.07, 6.45) is 0. The molecule has 0 bridgehead atoms. The van der Waals surface area contributed by atoms with E-state index >= 15 is 0 Å².